The summed E-state index contributed by atoms with van der Waals surface area (Å²) in [4.78, 5) is 3.74. The third kappa shape index (κ3) is 3.86. The van der Waals surface area contributed by atoms with E-state index in [4.69, 9.17) is 10.4 Å². The Morgan fingerprint density at radius 3 is 2.33 bits per heavy atom. The molecule has 108 valence electrons. The molecular formula is C14H13N3O3S. The number of pyridine rings is 1. The molecule has 0 spiro atoms. The second-order valence-electron chi connectivity index (χ2n) is 4.29. The lowest BCUT2D eigenvalue weighted by Crippen LogP contribution is -2.23. The summed E-state index contributed by atoms with van der Waals surface area (Å²) in [7, 11) is -3.67. The molecule has 0 aliphatic heterocycles. The Kier molecular flexibility index (Phi) is 4.65. The molecule has 0 atom stereocenters. The molecule has 0 aliphatic carbocycles. The van der Waals surface area contributed by atoms with E-state index >= 15 is 0 Å². The van der Waals surface area contributed by atoms with Crippen molar-refractivity contribution in [1.29, 1.82) is 5.26 Å². The molecule has 0 bridgehead atoms. The molecule has 0 unspecified atom stereocenters. The highest BCUT2D eigenvalue weighted by atomic mass is 32.2. The fourth-order valence-electron chi connectivity index (χ4n) is 1.63. The van der Waals surface area contributed by atoms with Gasteiger partial charge in [0.1, 0.15) is 16.7 Å². The van der Waals surface area contributed by atoms with Gasteiger partial charge in [-0.3, -0.25) is 0 Å². The minimum Gasteiger partial charge on any atom is -0.392 e. The molecule has 7 heteroatoms. The topological polar surface area (TPSA) is 103 Å². The van der Waals surface area contributed by atoms with Crippen molar-refractivity contribution in [3.8, 4) is 6.07 Å². The zero-order valence-electron chi connectivity index (χ0n) is 11.0. The van der Waals surface area contributed by atoms with Crippen LogP contribution < -0.4 is 4.72 Å². The van der Waals surface area contributed by atoms with E-state index in [2.05, 4.69) is 9.71 Å². The van der Waals surface area contributed by atoms with Crippen LogP contribution in [-0.4, -0.2) is 18.5 Å². The Hall–Kier alpha value is -2.27. The molecule has 0 fully saturated rings. The van der Waals surface area contributed by atoms with Crippen molar-refractivity contribution < 1.29 is 13.5 Å². The largest absolute Gasteiger partial charge is 0.392 e. The predicted molar refractivity (Wildman–Crippen MR) is 75.3 cm³/mol. The van der Waals surface area contributed by atoms with Crippen LogP contribution in [0.2, 0.25) is 0 Å². The van der Waals surface area contributed by atoms with Crippen LogP contribution >= 0.6 is 0 Å². The second kappa shape index (κ2) is 6.45. The first-order chi connectivity index (χ1) is 10.0. The number of hydrogen-bond acceptors (Lipinski definition) is 5. The van der Waals surface area contributed by atoms with Crippen LogP contribution in [0.25, 0.3) is 0 Å². The number of rotatable bonds is 5. The lowest BCUT2D eigenvalue weighted by molar-refractivity contribution is 0.282. The molecule has 2 N–H and O–H groups in total. The molecule has 6 nitrogen and oxygen atoms in total. The molecule has 1 heterocycles. The van der Waals surface area contributed by atoms with Gasteiger partial charge < -0.3 is 5.11 Å². The number of aliphatic hydroxyl groups excluding tert-OH is 1. The van der Waals surface area contributed by atoms with Gasteiger partial charge in [-0.2, -0.15) is 5.26 Å². The molecule has 0 radical (unpaired) electrons. The highest BCUT2D eigenvalue weighted by Gasteiger charge is 2.14. The van der Waals surface area contributed by atoms with Crippen LogP contribution in [0.1, 0.15) is 16.8 Å². The number of nitrogens with one attached hydrogen (secondary N) is 1. The SMILES string of the molecule is N#Cc1ccc(S(=O)(=O)NCc2ccc(CO)cc2)cn1. The molecule has 2 rings (SSSR count). The molecule has 0 amide bonds. The lowest BCUT2D eigenvalue weighted by atomic mass is 10.1. The number of benzene rings is 1. The lowest BCUT2D eigenvalue weighted by Gasteiger charge is -2.07. The molecule has 2 aromatic rings. The summed E-state index contributed by atoms with van der Waals surface area (Å²) in [6, 6.07) is 11.5. The number of sulfonamides is 1. The van der Waals surface area contributed by atoms with Crippen molar-refractivity contribution in [1.82, 2.24) is 9.71 Å². The maximum Gasteiger partial charge on any atom is 0.242 e. The quantitative estimate of drug-likeness (QED) is 0.855. The molecule has 21 heavy (non-hydrogen) atoms. The monoisotopic (exact) mass is 303 g/mol. The Bertz CT molecular complexity index is 748. The van der Waals surface area contributed by atoms with E-state index in [1.165, 1.54) is 12.1 Å². The fraction of sp³-hybridized carbons (Fsp3) is 0.143. The van der Waals surface area contributed by atoms with Gasteiger partial charge in [-0.15, -0.1) is 0 Å². The van der Waals surface area contributed by atoms with E-state index in [-0.39, 0.29) is 23.7 Å². The second-order valence-corrected chi connectivity index (χ2v) is 6.06. The smallest absolute Gasteiger partial charge is 0.242 e. The first-order valence-corrected chi connectivity index (χ1v) is 7.58. The van der Waals surface area contributed by atoms with Crippen molar-refractivity contribution in [2.45, 2.75) is 18.0 Å². The third-order valence-corrected chi connectivity index (χ3v) is 4.22. The van der Waals surface area contributed by atoms with Crippen molar-refractivity contribution in [2.24, 2.45) is 0 Å². The zero-order chi connectivity index (χ0) is 15.3. The number of nitriles is 1. The molecule has 1 aromatic heterocycles. The highest BCUT2D eigenvalue weighted by Crippen LogP contribution is 2.09. The van der Waals surface area contributed by atoms with Crippen molar-refractivity contribution in [3.63, 3.8) is 0 Å². The van der Waals surface area contributed by atoms with E-state index in [1.807, 2.05) is 6.07 Å². The van der Waals surface area contributed by atoms with Gasteiger partial charge in [0.25, 0.3) is 0 Å². The summed E-state index contributed by atoms with van der Waals surface area (Å²) in [5, 5.41) is 17.6. The van der Waals surface area contributed by atoms with Crippen molar-refractivity contribution in [3.05, 3.63) is 59.4 Å². The van der Waals surface area contributed by atoms with Gasteiger partial charge in [0.05, 0.1) is 6.61 Å². The normalized spacial score (nSPS) is 11.0. The maximum absolute atomic E-state index is 12.1. The Morgan fingerprint density at radius 2 is 1.81 bits per heavy atom. The molecule has 0 saturated carbocycles. The van der Waals surface area contributed by atoms with Crippen LogP contribution in [0.15, 0.2) is 47.5 Å². The average molecular weight is 303 g/mol. The van der Waals surface area contributed by atoms with E-state index in [0.29, 0.717) is 0 Å². The van der Waals surface area contributed by atoms with Crippen LogP contribution in [0.5, 0.6) is 0 Å². The van der Waals surface area contributed by atoms with Gasteiger partial charge in [0.15, 0.2) is 0 Å². The first-order valence-electron chi connectivity index (χ1n) is 6.09. The van der Waals surface area contributed by atoms with Crippen LogP contribution in [-0.2, 0) is 23.2 Å². The van der Waals surface area contributed by atoms with E-state index in [0.717, 1.165) is 17.3 Å². The maximum atomic E-state index is 12.1. The Labute approximate surface area is 122 Å². The van der Waals surface area contributed by atoms with Gasteiger partial charge in [-0.1, -0.05) is 24.3 Å². The fourth-order valence-corrected chi connectivity index (χ4v) is 2.59. The van der Waals surface area contributed by atoms with Crippen LogP contribution in [0.4, 0.5) is 0 Å². The van der Waals surface area contributed by atoms with Crippen molar-refractivity contribution in [2.75, 3.05) is 0 Å². The molecule has 0 aliphatic rings. The Morgan fingerprint density at radius 1 is 1.14 bits per heavy atom. The summed E-state index contributed by atoms with van der Waals surface area (Å²) in [5.74, 6) is 0. The van der Waals surface area contributed by atoms with E-state index in [9.17, 15) is 8.42 Å². The van der Waals surface area contributed by atoms with Gasteiger partial charge in [-0.25, -0.2) is 18.1 Å². The van der Waals surface area contributed by atoms with Gasteiger partial charge in [-0.05, 0) is 23.3 Å². The summed E-state index contributed by atoms with van der Waals surface area (Å²) < 4.78 is 26.6. The van der Waals surface area contributed by atoms with Crippen molar-refractivity contribution >= 4 is 10.0 Å². The average Bonchev–Trinajstić information content (AvgIpc) is 2.53. The van der Waals surface area contributed by atoms with E-state index < -0.39 is 10.0 Å². The standard InChI is InChI=1S/C14H13N3O3S/c15-7-13-5-6-14(9-16-13)21(19,20)17-8-11-1-3-12(10-18)4-2-11/h1-6,9,17-18H,8,10H2. The Balaban J connectivity index is 2.08. The highest BCUT2D eigenvalue weighted by molar-refractivity contribution is 7.89. The van der Waals surface area contributed by atoms with Gasteiger partial charge in [0.2, 0.25) is 10.0 Å². The third-order valence-electron chi connectivity index (χ3n) is 2.83. The van der Waals surface area contributed by atoms with Crippen LogP contribution in [0.3, 0.4) is 0 Å². The minimum atomic E-state index is -3.67. The molecule has 1 aromatic carbocycles. The summed E-state index contributed by atoms with van der Waals surface area (Å²) in [6.45, 7) is 0.0803. The van der Waals surface area contributed by atoms with Crippen LogP contribution in [0, 0.1) is 11.3 Å². The summed E-state index contributed by atoms with van der Waals surface area (Å²) in [5.41, 5.74) is 1.70. The molecular weight excluding hydrogens is 290 g/mol. The molecule has 0 saturated heterocycles. The zero-order valence-corrected chi connectivity index (χ0v) is 11.8. The minimum absolute atomic E-state index is 0.00785. The van der Waals surface area contributed by atoms with Gasteiger partial charge >= 0.3 is 0 Å². The summed E-state index contributed by atoms with van der Waals surface area (Å²) >= 11 is 0. The number of aromatic nitrogens is 1. The number of aliphatic hydroxyl groups is 1. The number of hydrogen-bond donors (Lipinski definition) is 2. The number of nitrogens with zero attached hydrogens (tertiary/aromatic N) is 2. The van der Waals surface area contributed by atoms with E-state index in [1.54, 1.807) is 24.3 Å². The summed E-state index contributed by atoms with van der Waals surface area (Å²) in [6.07, 6.45) is 1.15. The van der Waals surface area contributed by atoms with Gasteiger partial charge in [0, 0.05) is 12.7 Å². The first kappa shape index (κ1) is 15.1. The predicted octanol–water partition coefficient (Wildman–Crippen LogP) is 0.924.